The smallest absolute Gasteiger partial charge is 0.374 e. The van der Waals surface area contributed by atoms with E-state index in [-0.39, 0.29) is 16.7 Å². The lowest BCUT2D eigenvalue weighted by molar-refractivity contribution is -0.124. The lowest BCUT2D eigenvalue weighted by Gasteiger charge is -2.07. The molecule has 150 valence electrons. The highest BCUT2D eigenvalue weighted by molar-refractivity contribution is 6.31. The molecule has 0 aliphatic heterocycles. The van der Waals surface area contributed by atoms with Gasteiger partial charge in [0.15, 0.2) is 12.0 Å². The van der Waals surface area contributed by atoms with Crippen molar-refractivity contribution in [1.82, 2.24) is 5.32 Å². The summed E-state index contributed by atoms with van der Waals surface area (Å²) in [7, 11) is 1.59. The quantitative estimate of drug-likeness (QED) is 0.596. The molecular weight excluding hydrogens is 398 g/mol. The Bertz CT molecular complexity index is 1090. The standard InChI is InChI=1S/C21H18ClNO6/c1-27-15-5-2-13(3-6-15)8-9-23-20(25)12-28-21(26)19-11-17(24)16-10-14(22)4-7-18(16)29-19/h2-7,10-11H,8-9,12H2,1H3,(H,23,25). The average molecular weight is 416 g/mol. The summed E-state index contributed by atoms with van der Waals surface area (Å²) in [6, 6.07) is 13.0. The summed E-state index contributed by atoms with van der Waals surface area (Å²) in [5.74, 6) is -0.880. The Balaban J connectivity index is 1.50. The van der Waals surface area contributed by atoms with Crippen molar-refractivity contribution in [3.05, 3.63) is 75.1 Å². The Morgan fingerprint density at radius 3 is 2.59 bits per heavy atom. The molecule has 7 nitrogen and oxygen atoms in total. The number of hydrogen-bond acceptors (Lipinski definition) is 6. The number of nitrogens with one attached hydrogen (secondary N) is 1. The molecule has 3 aromatic rings. The van der Waals surface area contributed by atoms with Gasteiger partial charge in [-0.2, -0.15) is 0 Å². The van der Waals surface area contributed by atoms with E-state index in [0.29, 0.717) is 18.0 Å². The van der Waals surface area contributed by atoms with E-state index in [4.69, 9.17) is 25.5 Å². The minimum absolute atomic E-state index is 0.206. The van der Waals surface area contributed by atoms with Gasteiger partial charge in [0.25, 0.3) is 5.91 Å². The van der Waals surface area contributed by atoms with Crippen LogP contribution in [0.1, 0.15) is 16.1 Å². The summed E-state index contributed by atoms with van der Waals surface area (Å²) in [6.45, 7) is -0.0989. The van der Waals surface area contributed by atoms with Gasteiger partial charge in [-0.15, -0.1) is 0 Å². The molecule has 1 aromatic heterocycles. The first kappa shape index (κ1) is 20.4. The highest BCUT2D eigenvalue weighted by Crippen LogP contribution is 2.18. The van der Waals surface area contributed by atoms with E-state index in [2.05, 4.69) is 5.32 Å². The Labute approximate surface area is 171 Å². The molecule has 0 aliphatic rings. The van der Waals surface area contributed by atoms with Gasteiger partial charge < -0.3 is 19.2 Å². The summed E-state index contributed by atoms with van der Waals surface area (Å²) >= 11 is 5.85. The minimum atomic E-state index is -0.899. The summed E-state index contributed by atoms with van der Waals surface area (Å²) in [4.78, 5) is 36.1. The Morgan fingerprint density at radius 1 is 1.10 bits per heavy atom. The van der Waals surface area contributed by atoms with Crippen LogP contribution in [0.5, 0.6) is 5.75 Å². The molecule has 1 amide bonds. The van der Waals surface area contributed by atoms with Gasteiger partial charge in [-0.05, 0) is 42.3 Å². The second-order valence-corrected chi connectivity index (χ2v) is 6.58. The summed E-state index contributed by atoms with van der Waals surface area (Å²) in [6.07, 6.45) is 0.617. The molecule has 0 saturated carbocycles. The number of fused-ring (bicyclic) bond motifs is 1. The van der Waals surface area contributed by atoms with Gasteiger partial charge in [0, 0.05) is 17.6 Å². The zero-order valence-electron chi connectivity index (χ0n) is 15.6. The zero-order valence-corrected chi connectivity index (χ0v) is 16.3. The molecule has 29 heavy (non-hydrogen) atoms. The fourth-order valence-electron chi connectivity index (χ4n) is 2.62. The molecular formula is C21H18ClNO6. The molecule has 0 saturated heterocycles. The van der Waals surface area contributed by atoms with Crippen molar-refractivity contribution in [2.75, 3.05) is 20.3 Å². The number of carbonyl (C=O) groups excluding carboxylic acids is 2. The van der Waals surface area contributed by atoms with E-state index >= 15 is 0 Å². The number of carbonyl (C=O) groups is 2. The van der Waals surface area contributed by atoms with Crippen LogP contribution in [0, 0.1) is 0 Å². The van der Waals surface area contributed by atoms with Gasteiger partial charge in [0.05, 0.1) is 12.5 Å². The van der Waals surface area contributed by atoms with Crippen LogP contribution in [0.3, 0.4) is 0 Å². The number of halogens is 1. The fourth-order valence-corrected chi connectivity index (χ4v) is 2.79. The van der Waals surface area contributed by atoms with Gasteiger partial charge in [-0.25, -0.2) is 4.79 Å². The van der Waals surface area contributed by atoms with E-state index < -0.39 is 23.9 Å². The van der Waals surface area contributed by atoms with Gasteiger partial charge in [0.2, 0.25) is 5.76 Å². The fraction of sp³-hybridized carbons (Fsp3) is 0.190. The lowest BCUT2D eigenvalue weighted by Crippen LogP contribution is -2.30. The molecule has 0 fully saturated rings. The summed E-state index contributed by atoms with van der Waals surface area (Å²) < 4.78 is 15.4. The van der Waals surface area contributed by atoms with Gasteiger partial charge in [0.1, 0.15) is 11.3 Å². The third-order valence-electron chi connectivity index (χ3n) is 4.12. The Morgan fingerprint density at radius 2 is 1.86 bits per heavy atom. The number of amides is 1. The second kappa shape index (κ2) is 9.25. The van der Waals surface area contributed by atoms with Crippen LogP contribution in [0.25, 0.3) is 11.0 Å². The number of esters is 1. The molecule has 0 bridgehead atoms. The number of hydrogen-bond donors (Lipinski definition) is 1. The first-order valence-electron chi connectivity index (χ1n) is 8.76. The van der Waals surface area contributed by atoms with Crippen LogP contribution < -0.4 is 15.5 Å². The molecule has 0 atom stereocenters. The maximum absolute atomic E-state index is 12.1. The average Bonchev–Trinajstić information content (AvgIpc) is 2.73. The van der Waals surface area contributed by atoms with E-state index in [1.807, 2.05) is 24.3 Å². The van der Waals surface area contributed by atoms with Crippen molar-refractivity contribution < 1.29 is 23.5 Å². The molecule has 8 heteroatoms. The maximum Gasteiger partial charge on any atom is 0.374 e. The number of ether oxygens (including phenoxy) is 2. The molecule has 0 unspecified atom stereocenters. The van der Waals surface area contributed by atoms with Crippen LogP contribution in [0.4, 0.5) is 0 Å². The lowest BCUT2D eigenvalue weighted by atomic mass is 10.1. The summed E-state index contributed by atoms with van der Waals surface area (Å²) in [5.41, 5.74) is 0.809. The minimum Gasteiger partial charge on any atom is -0.497 e. The van der Waals surface area contributed by atoms with Crippen LogP contribution >= 0.6 is 11.6 Å². The molecule has 1 N–H and O–H groups in total. The third kappa shape index (κ3) is 5.36. The monoisotopic (exact) mass is 415 g/mol. The number of benzene rings is 2. The predicted octanol–water partition coefficient (Wildman–Crippen LogP) is 2.97. The third-order valence-corrected chi connectivity index (χ3v) is 4.35. The van der Waals surface area contributed by atoms with Crippen molar-refractivity contribution in [3.8, 4) is 5.75 Å². The van der Waals surface area contributed by atoms with Crippen molar-refractivity contribution in [2.24, 2.45) is 0 Å². The molecule has 3 rings (SSSR count). The summed E-state index contributed by atoms with van der Waals surface area (Å²) in [5, 5.41) is 3.30. The Hall–Kier alpha value is -3.32. The predicted molar refractivity (Wildman–Crippen MR) is 107 cm³/mol. The van der Waals surface area contributed by atoms with E-state index in [1.54, 1.807) is 7.11 Å². The SMILES string of the molecule is COc1ccc(CCNC(=O)COC(=O)c2cc(=O)c3cc(Cl)ccc3o2)cc1. The molecule has 2 aromatic carbocycles. The second-order valence-electron chi connectivity index (χ2n) is 6.14. The normalized spacial score (nSPS) is 10.6. The largest absolute Gasteiger partial charge is 0.497 e. The van der Waals surface area contributed by atoms with Crippen molar-refractivity contribution in [3.63, 3.8) is 0 Å². The van der Waals surface area contributed by atoms with Crippen molar-refractivity contribution in [1.29, 1.82) is 0 Å². The van der Waals surface area contributed by atoms with Gasteiger partial charge in [-0.1, -0.05) is 23.7 Å². The topological polar surface area (TPSA) is 94.8 Å². The van der Waals surface area contributed by atoms with Gasteiger partial charge >= 0.3 is 5.97 Å². The molecule has 0 spiro atoms. The Kier molecular flexibility index (Phi) is 6.51. The molecule has 1 heterocycles. The van der Waals surface area contributed by atoms with Crippen molar-refractivity contribution >= 4 is 34.4 Å². The van der Waals surface area contributed by atoms with E-state index in [0.717, 1.165) is 17.4 Å². The highest BCUT2D eigenvalue weighted by atomic mass is 35.5. The molecule has 0 aliphatic carbocycles. The van der Waals surface area contributed by atoms with E-state index in [9.17, 15) is 14.4 Å². The van der Waals surface area contributed by atoms with Crippen LogP contribution in [-0.4, -0.2) is 32.1 Å². The number of methoxy groups -OCH3 is 1. The zero-order chi connectivity index (χ0) is 20.8. The number of rotatable bonds is 7. The van der Waals surface area contributed by atoms with E-state index in [1.165, 1.54) is 18.2 Å². The van der Waals surface area contributed by atoms with Crippen LogP contribution in [0.2, 0.25) is 5.02 Å². The molecule has 0 radical (unpaired) electrons. The van der Waals surface area contributed by atoms with Crippen LogP contribution in [0.15, 0.2) is 57.7 Å². The first-order chi connectivity index (χ1) is 14.0. The van der Waals surface area contributed by atoms with Gasteiger partial charge in [-0.3, -0.25) is 9.59 Å². The maximum atomic E-state index is 12.1. The van der Waals surface area contributed by atoms with Crippen molar-refractivity contribution in [2.45, 2.75) is 6.42 Å². The first-order valence-corrected chi connectivity index (χ1v) is 9.14. The van der Waals surface area contributed by atoms with Crippen LogP contribution in [-0.2, 0) is 16.0 Å². The highest BCUT2D eigenvalue weighted by Gasteiger charge is 2.15.